The number of nitrogens with one attached hydrogen (secondary N) is 1. The molecule has 0 radical (unpaired) electrons. The normalized spacial score (nSPS) is 10.7. The molecule has 158 valence electrons. The first-order valence-electron chi connectivity index (χ1n) is 9.72. The third kappa shape index (κ3) is 5.36. The van der Waals surface area contributed by atoms with Crippen molar-refractivity contribution in [3.63, 3.8) is 0 Å². The van der Waals surface area contributed by atoms with Gasteiger partial charge in [0.15, 0.2) is 6.61 Å². The van der Waals surface area contributed by atoms with Crippen LogP contribution in [0.2, 0.25) is 0 Å². The zero-order valence-electron chi connectivity index (χ0n) is 17.1. The highest BCUT2D eigenvalue weighted by atomic mass is 16.5. The second-order valence-electron chi connectivity index (χ2n) is 6.48. The summed E-state index contributed by atoms with van der Waals surface area (Å²) in [5, 5.41) is 8.47. The predicted octanol–water partition coefficient (Wildman–Crippen LogP) is 2.14. The molecular weight excluding hydrogens is 386 g/mol. The van der Waals surface area contributed by atoms with Crippen molar-refractivity contribution in [3.05, 3.63) is 64.6 Å². The molecule has 0 saturated heterocycles. The summed E-state index contributed by atoms with van der Waals surface area (Å²) in [4.78, 5) is 24.8. The standard InChI is InChI=1S/C22H25N3O5/c1-3-29-16-8-10-17(11-9-16)30-15-21(26)23-14-20-18-6-4-5-7-19(18)22(27)25(24-20)12-13-28-2/h4-11H,3,12-15H2,1-2H3,(H,23,26). The van der Waals surface area contributed by atoms with E-state index in [0.29, 0.717) is 42.0 Å². The molecule has 0 unspecified atom stereocenters. The summed E-state index contributed by atoms with van der Waals surface area (Å²) in [5.41, 5.74) is 0.423. The number of aromatic nitrogens is 2. The summed E-state index contributed by atoms with van der Waals surface area (Å²) >= 11 is 0. The van der Waals surface area contributed by atoms with Crippen molar-refractivity contribution in [2.45, 2.75) is 20.0 Å². The topological polar surface area (TPSA) is 91.7 Å². The van der Waals surface area contributed by atoms with Crippen molar-refractivity contribution in [1.29, 1.82) is 0 Å². The fraction of sp³-hybridized carbons (Fsp3) is 0.318. The van der Waals surface area contributed by atoms with E-state index in [1.807, 2.05) is 19.1 Å². The lowest BCUT2D eigenvalue weighted by Gasteiger charge is -2.12. The fourth-order valence-corrected chi connectivity index (χ4v) is 2.95. The monoisotopic (exact) mass is 411 g/mol. The first-order valence-corrected chi connectivity index (χ1v) is 9.72. The average Bonchev–Trinajstić information content (AvgIpc) is 2.78. The molecule has 30 heavy (non-hydrogen) atoms. The third-order valence-corrected chi connectivity index (χ3v) is 4.41. The van der Waals surface area contributed by atoms with Crippen LogP contribution in [-0.2, 0) is 22.6 Å². The molecule has 0 atom stereocenters. The first kappa shape index (κ1) is 21.3. The Labute approximate surface area is 174 Å². The van der Waals surface area contributed by atoms with Gasteiger partial charge in [0.1, 0.15) is 11.5 Å². The van der Waals surface area contributed by atoms with Gasteiger partial charge in [0.05, 0.1) is 37.4 Å². The van der Waals surface area contributed by atoms with Crippen LogP contribution in [0.4, 0.5) is 0 Å². The minimum atomic E-state index is -0.288. The largest absolute Gasteiger partial charge is 0.494 e. The Morgan fingerprint density at radius 3 is 2.37 bits per heavy atom. The number of ether oxygens (including phenoxy) is 3. The highest BCUT2D eigenvalue weighted by Crippen LogP contribution is 2.17. The van der Waals surface area contributed by atoms with Crippen LogP contribution in [0.3, 0.4) is 0 Å². The van der Waals surface area contributed by atoms with Gasteiger partial charge in [0.25, 0.3) is 11.5 Å². The molecule has 0 aliphatic heterocycles. The van der Waals surface area contributed by atoms with E-state index in [-0.39, 0.29) is 24.6 Å². The lowest BCUT2D eigenvalue weighted by atomic mass is 10.1. The molecule has 8 heteroatoms. The Kier molecular flexibility index (Phi) is 7.40. The maximum absolute atomic E-state index is 12.6. The number of hydrogen-bond donors (Lipinski definition) is 1. The molecule has 0 aliphatic rings. The summed E-state index contributed by atoms with van der Waals surface area (Å²) < 4.78 is 17.3. The number of amides is 1. The molecule has 8 nitrogen and oxygen atoms in total. The van der Waals surface area contributed by atoms with Gasteiger partial charge >= 0.3 is 0 Å². The van der Waals surface area contributed by atoms with Crippen molar-refractivity contribution in [2.75, 3.05) is 26.9 Å². The number of benzene rings is 2. The molecule has 0 spiro atoms. The first-order chi connectivity index (χ1) is 14.6. The number of methoxy groups -OCH3 is 1. The van der Waals surface area contributed by atoms with E-state index in [0.717, 1.165) is 5.75 Å². The van der Waals surface area contributed by atoms with Crippen LogP contribution < -0.4 is 20.3 Å². The Bertz CT molecular complexity index is 1050. The number of rotatable bonds is 10. The molecule has 3 rings (SSSR count). The van der Waals surface area contributed by atoms with Gasteiger partial charge < -0.3 is 19.5 Å². The third-order valence-electron chi connectivity index (χ3n) is 4.41. The smallest absolute Gasteiger partial charge is 0.274 e. The summed E-state index contributed by atoms with van der Waals surface area (Å²) in [7, 11) is 1.57. The summed E-state index contributed by atoms with van der Waals surface area (Å²) in [6.45, 7) is 3.25. The van der Waals surface area contributed by atoms with Gasteiger partial charge in [-0.3, -0.25) is 9.59 Å². The van der Waals surface area contributed by atoms with Gasteiger partial charge in [-0.15, -0.1) is 0 Å². The molecular formula is C22H25N3O5. The van der Waals surface area contributed by atoms with Crippen LogP contribution in [0.1, 0.15) is 12.6 Å². The summed E-state index contributed by atoms with van der Waals surface area (Å²) in [5.74, 6) is 1.03. The lowest BCUT2D eigenvalue weighted by Crippen LogP contribution is -2.31. The molecule has 2 aromatic carbocycles. The maximum atomic E-state index is 12.6. The lowest BCUT2D eigenvalue weighted by molar-refractivity contribution is -0.123. The Morgan fingerprint density at radius 2 is 1.70 bits per heavy atom. The van der Waals surface area contributed by atoms with Crippen molar-refractivity contribution < 1.29 is 19.0 Å². The van der Waals surface area contributed by atoms with E-state index in [1.165, 1.54) is 4.68 Å². The van der Waals surface area contributed by atoms with Crippen LogP contribution in [0.5, 0.6) is 11.5 Å². The van der Waals surface area contributed by atoms with Gasteiger partial charge in [-0.2, -0.15) is 5.10 Å². The molecule has 0 saturated carbocycles. The van der Waals surface area contributed by atoms with E-state index < -0.39 is 0 Å². The van der Waals surface area contributed by atoms with Crippen LogP contribution in [0.15, 0.2) is 53.3 Å². The maximum Gasteiger partial charge on any atom is 0.274 e. The van der Waals surface area contributed by atoms with Crippen LogP contribution in [0.25, 0.3) is 10.8 Å². The minimum absolute atomic E-state index is 0.130. The number of nitrogens with zero attached hydrogens (tertiary/aromatic N) is 2. The zero-order chi connectivity index (χ0) is 21.3. The molecule has 1 amide bonds. The highest BCUT2D eigenvalue weighted by Gasteiger charge is 2.12. The molecule has 3 aromatic rings. The Hall–Kier alpha value is -3.39. The van der Waals surface area contributed by atoms with Crippen molar-refractivity contribution in [2.24, 2.45) is 0 Å². The van der Waals surface area contributed by atoms with Gasteiger partial charge in [-0.1, -0.05) is 18.2 Å². The average molecular weight is 411 g/mol. The van der Waals surface area contributed by atoms with Gasteiger partial charge in [-0.25, -0.2) is 4.68 Å². The van der Waals surface area contributed by atoms with Crippen LogP contribution in [-0.4, -0.2) is 42.6 Å². The quantitative estimate of drug-likeness (QED) is 0.550. The van der Waals surface area contributed by atoms with E-state index in [9.17, 15) is 9.59 Å². The zero-order valence-corrected chi connectivity index (χ0v) is 17.1. The van der Waals surface area contributed by atoms with Crippen LogP contribution in [0, 0.1) is 0 Å². The Balaban J connectivity index is 1.65. The molecule has 0 bridgehead atoms. The molecule has 0 aliphatic carbocycles. The predicted molar refractivity (Wildman–Crippen MR) is 113 cm³/mol. The summed E-state index contributed by atoms with van der Waals surface area (Å²) in [6.07, 6.45) is 0. The Morgan fingerprint density at radius 1 is 1.03 bits per heavy atom. The minimum Gasteiger partial charge on any atom is -0.494 e. The van der Waals surface area contributed by atoms with Crippen LogP contribution >= 0.6 is 0 Å². The second kappa shape index (κ2) is 10.4. The molecule has 1 N–H and O–H groups in total. The molecule has 1 aromatic heterocycles. The summed E-state index contributed by atoms with van der Waals surface area (Å²) in [6, 6.07) is 14.3. The van der Waals surface area contributed by atoms with Crippen molar-refractivity contribution >= 4 is 16.7 Å². The van der Waals surface area contributed by atoms with Gasteiger partial charge in [0, 0.05) is 12.5 Å². The van der Waals surface area contributed by atoms with E-state index >= 15 is 0 Å². The fourth-order valence-electron chi connectivity index (χ4n) is 2.95. The number of fused-ring (bicyclic) bond motifs is 1. The van der Waals surface area contributed by atoms with E-state index in [2.05, 4.69) is 10.4 Å². The number of hydrogen-bond acceptors (Lipinski definition) is 6. The number of carbonyl (C=O) groups is 1. The second-order valence-corrected chi connectivity index (χ2v) is 6.48. The SMILES string of the molecule is CCOc1ccc(OCC(=O)NCc2nn(CCOC)c(=O)c3ccccc23)cc1. The number of carbonyl (C=O) groups excluding carboxylic acids is 1. The molecule has 1 heterocycles. The highest BCUT2D eigenvalue weighted by molar-refractivity contribution is 5.84. The van der Waals surface area contributed by atoms with Crippen molar-refractivity contribution in [3.8, 4) is 11.5 Å². The van der Waals surface area contributed by atoms with Gasteiger partial charge in [-0.05, 0) is 37.3 Å². The van der Waals surface area contributed by atoms with Gasteiger partial charge in [0.2, 0.25) is 0 Å². The van der Waals surface area contributed by atoms with E-state index in [1.54, 1.807) is 43.5 Å². The van der Waals surface area contributed by atoms with E-state index in [4.69, 9.17) is 14.2 Å². The molecule has 0 fully saturated rings. The van der Waals surface area contributed by atoms with Crippen molar-refractivity contribution in [1.82, 2.24) is 15.1 Å².